The molecule has 3 heteroatoms. The summed E-state index contributed by atoms with van der Waals surface area (Å²) in [6.45, 7) is 8.10. The Kier molecular flexibility index (Phi) is 7.47. The Hall–Kier alpha value is -2.16. The Bertz CT molecular complexity index is 566. The molecule has 0 aliphatic carbocycles. The number of benzene rings is 2. The maximum atomic E-state index is 6.00. The second-order valence-electron chi connectivity index (χ2n) is 6.40. The minimum Gasteiger partial charge on any atom is -0.494 e. The van der Waals surface area contributed by atoms with Gasteiger partial charge in [0.1, 0.15) is 17.6 Å². The molecule has 0 fully saturated rings. The van der Waals surface area contributed by atoms with Crippen molar-refractivity contribution in [3.63, 3.8) is 0 Å². The molecule has 2 aromatic rings. The van der Waals surface area contributed by atoms with Gasteiger partial charge in [0, 0.05) is 5.69 Å². The van der Waals surface area contributed by atoms with Gasteiger partial charge in [0.15, 0.2) is 0 Å². The molecule has 24 heavy (non-hydrogen) atoms. The average Bonchev–Trinajstić information content (AvgIpc) is 2.60. The third-order valence-electron chi connectivity index (χ3n) is 3.85. The number of ether oxygens (including phenoxy) is 2. The number of hydrogen-bond donors (Lipinski definition) is 1. The van der Waals surface area contributed by atoms with Gasteiger partial charge in [0.2, 0.25) is 0 Å². The van der Waals surface area contributed by atoms with Crippen LogP contribution in [0.4, 0.5) is 5.69 Å². The summed E-state index contributed by atoms with van der Waals surface area (Å²) in [6.07, 6.45) is 2.18. The second kappa shape index (κ2) is 9.86. The van der Waals surface area contributed by atoms with Gasteiger partial charge in [-0.25, -0.2) is 0 Å². The normalized spacial score (nSPS) is 12.0. The minimum absolute atomic E-state index is 0.148. The summed E-state index contributed by atoms with van der Waals surface area (Å²) in [6, 6.07) is 18.1. The molecule has 130 valence electrons. The van der Waals surface area contributed by atoms with Crippen molar-refractivity contribution in [1.82, 2.24) is 0 Å². The van der Waals surface area contributed by atoms with E-state index in [1.165, 1.54) is 0 Å². The highest BCUT2D eigenvalue weighted by molar-refractivity contribution is 5.46. The van der Waals surface area contributed by atoms with Crippen LogP contribution in [0.5, 0.6) is 11.5 Å². The van der Waals surface area contributed by atoms with Gasteiger partial charge in [-0.2, -0.15) is 0 Å². The maximum absolute atomic E-state index is 6.00. The quantitative estimate of drug-likeness (QED) is 0.635. The standard InChI is InChI=1S/C21H29NO2/c1-4-19(24-21-8-6-5-7-9-21)16-22-18-10-12-20(13-11-18)23-15-14-17(2)3/h5-13,17,19,22H,4,14-16H2,1-3H3. The third kappa shape index (κ3) is 6.53. The predicted molar refractivity (Wildman–Crippen MR) is 101 cm³/mol. The van der Waals surface area contributed by atoms with Crippen molar-refractivity contribution in [2.45, 2.75) is 39.7 Å². The Morgan fingerprint density at radius 2 is 1.62 bits per heavy atom. The molecule has 2 rings (SSSR count). The van der Waals surface area contributed by atoms with Crippen LogP contribution in [0.3, 0.4) is 0 Å². The molecule has 0 aliphatic rings. The molecule has 0 radical (unpaired) electrons. The monoisotopic (exact) mass is 327 g/mol. The van der Waals surface area contributed by atoms with Crippen molar-refractivity contribution in [2.24, 2.45) is 5.92 Å². The molecule has 2 aromatic carbocycles. The fourth-order valence-electron chi connectivity index (χ4n) is 2.27. The number of hydrogen-bond acceptors (Lipinski definition) is 3. The predicted octanol–water partition coefficient (Wildman–Crippen LogP) is 5.38. The van der Waals surface area contributed by atoms with Gasteiger partial charge in [-0.1, -0.05) is 39.0 Å². The Balaban J connectivity index is 1.78. The van der Waals surface area contributed by atoms with Crippen molar-refractivity contribution >= 4 is 5.69 Å². The van der Waals surface area contributed by atoms with Crippen molar-refractivity contribution in [3.05, 3.63) is 54.6 Å². The minimum atomic E-state index is 0.148. The van der Waals surface area contributed by atoms with E-state index >= 15 is 0 Å². The van der Waals surface area contributed by atoms with E-state index in [0.717, 1.165) is 43.2 Å². The second-order valence-corrected chi connectivity index (χ2v) is 6.40. The topological polar surface area (TPSA) is 30.5 Å². The molecular formula is C21H29NO2. The number of nitrogens with one attached hydrogen (secondary N) is 1. The summed E-state index contributed by atoms with van der Waals surface area (Å²) in [5.41, 5.74) is 1.08. The van der Waals surface area contributed by atoms with Crippen LogP contribution < -0.4 is 14.8 Å². The molecule has 0 aliphatic heterocycles. The largest absolute Gasteiger partial charge is 0.494 e. The number of anilines is 1. The molecule has 0 amide bonds. The smallest absolute Gasteiger partial charge is 0.119 e. The summed E-state index contributed by atoms with van der Waals surface area (Å²) < 4.78 is 11.7. The lowest BCUT2D eigenvalue weighted by Crippen LogP contribution is -2.25. The molecule has 0 heterocycles. The van der Waals surface area contributed by atoms with E-state index in [1.807, 2.05) is 42.5 Å². The highest BCUT2D eigenvalue weighted by atomic mass is 16.5. The van der Waals surface area contributed by atoms with Gasteiger partial charge in [-0.15, -0.1) is 0 Å². The number of para-hydroxylation sites is 1. The van der Waals surface area contributed by atoms with Gasteiger partial charge >= 0.3 is 0 Å². The number of rotatable bonds is 10. The molecule has 3 nitrogen and oxygen atoms in total. The summed E-state index contributed by atoms with van der Waals surface area (Å²) in [7, 11) is 0. The van der Waals surface area contributed by atoms with Gasteiger partial charge < -0.3 is 14.8 Å². The highest BCUT2D eigenvalue weighted by Gasteiger charge is 2.08. The Labute approximate surface area is 146 Å². The zero-order valence-electron chi connectivity index (χ0n) is 15.0. The first kappa shape index (κ1) is 18.2. The summed E-state index contributed by atoms with van der Waals surface area (Å²) >= 11 is 0. The third-order valence-corrected chi connectivity index (χ3v) is 3.85. The van der Waals surface area contributed by atoms with Crippen LogP contribution in [0.1, 0.15) is 33.6 Å². The first-order valence-electron chi connectivity index (χ1n) is 8.85. The average molecular weight is 327 g/mol. The van der Waals surface area contributed by atoms with Crippen LogP contribution in [-0.4, -0.2) is 19.3 Å². The molecule has 0 spiro atoms. The van der Waals surface area contributed by atoms with Crippen LogP contribution >= 0.6 is 0 Å². The van der Waals surface area contributed by atoms with Crippen LogP contribution in [0.25, 0.3) is 0 Å². The fraction of sp³-hybridized carbons (Fsp3) is 0.429. The lowest BCUT2D eigenvalue weighted by atomic mass is 10.1. The van der Waals surface area contributed by atoms with Crippen molar-refractivity contribution in [1.29, 1.82) is 0 Å². The van der Waals surface area contributed by atoms with E-state index in [4.69, 9.17) is 9.47 Å². The summed E-state index contributed by atoms with van der Waals surface area (Å²) in [5.74, 6) is 2.51. The van der Waals surface area contributed by atoms with Gasteiger partial charge in [0.25, 0.3) is 0 Å². The van der Waals surface area contributed by atoms with Crippen LogP contribution in [0.2, 0.25) is 0 Å². The molecule has 0 bridgehead atoms. The van der Waals surface area contributed by atoms with Gasteiger partial charge in [0.05, 0.1) is 13.2 Å². The zero-order chi connectivity index (χ0) is 17.2. The van der Waals surface area contributed by atoms with Crippen molar-refractivity contribution in [3.8, 4) is 11.5 Å². The van der Waals surface area contributed by atoms with E-state index in [-0.39, 0.29) is 6.10 Å². The van der Waals surface area contributed by atoms with Gasteiger partial charge in [-0.3, -0.25) is 0 Å². The van der Waals surface area contributed by atoms with Crippen LogP contribution in [0, 0.1) is 5.92 Å². The lowest BCUT2D eigenvalue weighted by molar-refractivity contribution is 0.210. The molecule has 1 atom stereocenters. The zero-order valence-corrected chi connectivity index (χ0v) is 15.0. The summed E-state index contributed by atoms with van der Waals surface area (Å²) in [4.78, 5) is 0. The molecule has 1 N–H and O–H groups in total. The van der Waals surface area contributed by atoms with Gasteiger partial charge in [-0.05, 0) is 55.2 Å². The van der Waals surface area contributed by atoms with E-state index in [1.54, 1.807) is 0 Å². The van der Waals surface area contributed by atoms with Crippen LogP contribution in [-0.2, 0) is 0 Å². The molecule has 1 unspecified atom stereocenters. The maximum Gasteiger partial charge on any atom is 0.119 e. The summed E-state index contributed by atoms with van der Waals surface area (Å²) in [5, 5.41) is 3.44. The first-order chi connectivity index (χ1) is 11.7. The van der Waals surface area contributed by atoms with Crippen molar-refractivity contribution < 1.29 is 9.47 Å². The molecule has 0 aromatic heterocycles. The van der Waals surface area contributed by atoms with E-state index in [0.29, 0.717) is 5.92 Å². The molecular weight excluding hydrogens is 298 g/mol. The van der Waals surface area contributed by atoms with Crippen LogP contribution in [0.15, 0.2) is 54.6 Å². The van der Waals surface area contributed by atoms with E-state index in [2.05, 4.69) is 38.2 Å². The van der Waals surface area contributed by atoms with E-state index < -0.39 is 0 Å². The lowest BCUT2D eigenvalue weighted by Gasteiger charge is -2.19. The molecule has 0 saturated carbocycles. The van der Waals surface area contributed by atoms with Crippen molar-refractivity contribution in [2.75, 3.05) is 18.5 Å². The SMILES string of the molecule is CCC(CNc1ccc(OCCC(C)C)cc1)Oc1ccccc1. The first-order valence-corrected chi connectivity index (χ1v) is 8.85. The molecule has 0 saturated heterocycles. The Morgan fingerprint density at radius 3 is 2.25 bits per heavy atom. The highest BCUT2D eigenvalue weighted by Crippen LogP contribution is 2.17. The Morgan fingerprint density at radius 1 is 0.917 bits per heavy atom. The fourth-order valence-corrected chi connectivity index (χ4v) is 2.27. The van der Waals surface area contributed by atoms with E-state index in [9.17, 15) is 0 Å².